The van der Waals surface area contributed by atoms with Gasteiger partial charge in [-0.1, -0.05) is 30.3 Å². The molecule has 0 aliphatic rings. The van der Waals surface area contributed by atoms with Crippen molar-refractivity contribution >= 4 is 5.71 Å². The monoisotopic (exact) mass is 150 g/mol. The van der Waals surface area contributed by atoms with Crippen LogP contribution in [0.4, 0.5) is 0 Å². The van der Waals surface area contributed by atoms with Crippen LogP contribution < -0.4 is 0 Å². The smallest absolute Gasteiger partial charge is 0.109 e. The summed E-state index contributed by atoms with van der Waals surface area (Å²) in [6, 6.07) is 10.0. The molecule has 0 amide bonds. The highest BCUT2D eigenvalue weighted by atomic mass is 16.4. The van der Waals surface area contributed by atoms with Crippen LogP contribution in [-0.4, -0.2) is 10.9 Å². The molecule has 58 valence electrons. The fourth-order valence-electron chi connectivity index (χ4n) is 0.931. The molecule has 0 aliphatic heterocycles. The Bertz CT molecular complexity index is 241. The Morgan fingerprint density at radius 1 is 1.36 bits per heavy atom. The molecule has 0 aliphatic carbocycles. The van der Waals surface area contributed by atoms with Crippen LogP contribution in [0.25, 0.3) is 0 Å². The van der Waals surface area contributed by atoms with Crippen molar-refractivity contribution in [3.05, 3.63) is 35.9 Å². The molecule has 0 spiro atoms. The molecule has 2 N–H and O–H groups in total. The lowest BCUT2D eigenvalue weighted by atomic mass is 10.1. The fraction of sp³-hybridized carbons (Fsp3) is 0.222. The molecule has 11 heavy (non-hydrogen) atoms. The van der Waals surface area contributed by atoms with Gasteiger partial charge in [0, 0.05) is 11.6 Å². The van der Waals surface area contributed by atoms with Gasteiger partial charge < -0.3 is 5.21 Å². The SMILES string of the molecule is C/C(Cc1ccccc1)=N/[OH2+]. The summed E-state index contributed by atoms with van der Waals surface area (Å²) in [4.78, 5) is 0. The van der Waals surface area contributed by atoms with Crippen LogP contribution in [0.15, 0.2) is 35.5 Å². The Kier molecular flexibility index (Phi) is 2.66. The van der Waals surface area contributed by atoms with E-state index in [9.17, 15) is 0 Å². The summed E-state index contributed by atoms with van der Waals surface area (Å²) < 4.78 is 0. The van der Waals surface area contributed by atoms with Crippen LogP contribution in [0.2, 0.25) is 0 Å². The molecule has 1 aromatic rings. The lowest BCUT2D eigenvalue weighted by Crippen LogP contribution is -1.96. The fourth-order valence-corrected chi connectivity index (χ4v) is 0.931. The normalized spacial score (nSPS) is 11.5. The van der Waals surface area contributed by atoms with Gasteiger partial charge in [-0.25, -0.2) is 0 Å². The molecule has 0 radical (unpaired) electrons. The van der Waals surface area contributed by atoms with Crippen molar-refractivity contribution in [1.82, 2.24) is 0 Å². The highest BCUT2D eigenvalue weighted by molar-refractivity contribution is 5.83. The van der Waals surface area contributed by atoms with E-state index >= 15 is 0 Å². The first-order valence-electron chi connectivity index (χ1n) is 3.57. The van der Waals surface area contributed by atoms with E-state index < -0.39 is 0 Å². The first-order chi connectivity index (χ1) is 5.33. The van der Waals surface area contributed by atoms with Crippen LogP contribution in [0, 0.1) is 0 Å². The molecule has 0 heterocycles. The Labute approximate surface area is 66.2 Å². The molecule has 1 rings (SSSR count). The molecule has 0 bridgehead atoms. The van der Waals surface area contributed by atoms with Gasteiger partial charge in [-0.15, -0.1) is 0 Å². The minimum Gasteiger partial charge on any atom is -0.469 e. The van der Waals surface area contributed by atoms with E-state index in [0.29, 0.717) is 0 Å². The number of nitrogens with zero attached hydrogens (tertiary/aromatic N) is 1. The zero-order chi connectivity index (χ0) is 8.10. The lowest BCUT2D eigenvalue weighted by Gasteiger charge is -1.95. The summed E-state index contributed by atoms with van der Waals surface area (Å²) in [5, 5.41) is 10.1. The van der Waals surface area contributed by atoms with Gasteiger partial charge in [-0.2, -0.15) is 0 Å². The topological polar surface area (TPSA) is 35.3 Å². The second kappa shape index (κ2) is 3.76. The van der Waals surface area contributed by atoms with Crippen molar-refractivity contribution in [2.45, 2.75) is 13.3 Å². The minimum absolute atomic E-state index is 0.782. The van der Waals surface area contributed by atoms with Gasteiger partial charge in [0.1, 0.15) is 5.71 Å². The zero-order valence-electron chi connectivity index (χ0n) is 6.54. The van der Waals surface area contributed by atoms with Crippen molar-refractivity contribution in [2.75, 3.05) is 0 Å². The number of benzene rings is 1. The molecular formula is C9H12NO+. The van der Waals surface area contributed by atoms with E-state index in [-0.39, 0.29) is 0 Å². The maximum absolute atomic E-state index is 6.75. The van der Waals surface area contributed by atoms with Crippen molar-refractivity contribution in [2.24, 2.45) is 5.16 Å². The Hall–Kier alpha value is -1.31. The van der Waals surface area contributed by atoms with E-state index in [0.717, 1.165) is 12.1 Å². The summed E-state index contributed by atoms with van der Waals surface area (Å²) in [5.74, 6) is 0. The van der Waals surface area contributed by atoms with E-state index in [1.807, 2.05) is 37.3 Å². The Balaban J connectivity index is 2.65. The van der Waals surface area contributed by atoms with E-state index in [4.69, 9.17) is 5.21 Å². The van der Waals surface area contributed by atoms with Crippen molar-refractivity contribution in [1.29, 1.82) is 0 Å². The second-order valence-corrected chi connectivity index (χ2v) is 2.51. The van der Waals surface area contributed by atoms with Gasteiger partial charge in [0.05, 0.1) is 0 Å². The summed E-state index contributed by atoms with van der Waals surface area (Å²) in [6.07, 6.45) is 0.782. The van der Waals surface area contributed by atoms with Gasteiger partial charge in [0.25, 0.3) is 0 Å². The first kappa shape index (κ1) is 7.79. The number of hydrogen-bond acceptors (Lipinski definition) is 1. The average Bonchev–Trinajstić information content (AvgIpc) is 2.06. The lowest BCUT2D eigenvalue weighted by molar-refractivity contribution is 0.317. The van der Waals surface area contributed by atoms with Crippen molar-refractivity contribution < 1.29 is 5.21 Å². The second-order valence-electron chi connectivity index (χ2n) is 2.51. The maximum atomic E-state index is 6.75. The molecular weight excluding hydrogens is 138 g/mol. The molecule has 0 saturated carbocycles. The quantitative estimate of drug-likeness (QED) is 0.346. The third-order valence-corrected chi connectivity index (χ3v) is 1.49. The molecule has 0 unspecified atom stereocenters. The molecule has 0 aromatic heterocycles. The average molecular weight is 150 g/mol. The molecule has 0 saturated heterocycles. The molecule has 0 fully saturated rings. The molecule has 1 aromatic carbocycles. The van der Waals surface area contributed by atoms with Gasteiger partial charge >= 0.3 is 0 Å². The summed E-state index contributed by atoms with van der Waals surface area (Å²) in [5.41, 5.74) is 2.05. The van der Waals surface area contributed by atoms with Crippen LogP contribution in [-0.2, 0) is 6.42 Å². The third kappa shape index (κ3) is 2.42. The van der Waals surface area contributed by atoms with E-state index in [1.165, 1.54) is 5.56 Å². The molecule has 0 atom stereocenters. The largest absolute Gasteiger partial charge is 0.469 e. The van der Waals surface area contributed by atoms with Crippen LogP contribution in [0.5, 0.6) is 0 Å². The number of hydrogen-bond donors (Lipinski definition) is 0. The summed E-state index contributed by atoms with van der Waals surface area (Å²) >= 11 is 0. The third-order valence-electron chi connectivity index (χ3n) is 1.49. The predicted molar refractivity (Wildman–Crippen MR) is 46.9 cm³/mol. The predicted octanol–water partition coefficient (Wildman–Crippen LogP) is 1.33. The van der Waals surface area contributed by atoms with E-state index in [1.54, 1.807) is 0 Å². The van der Waals surface area contributed by atoms with Crippen LogP contribution in [0.3, 0.4) is 0 Å². The summed E-state index contributed by atoms with van der Waals surface area (Å²) in [7, 11) is 0. The summed E-state index contributed by atoms with van der Waals surface area (Å²) in [6.45, 7) is 1.86. The van der Waals surface area contributed by atoms with E-state index in [2.05, 4.69) is 5.16 Å². The van der Waals surface area contributed by atoms with Crippen molar-refractivity contribution in [3.63, 3.8) is 0 Å². The highest BCUT2D eigenvalue weighted by Crippen LogP contribution is 2.00. The van der Waals surface area contributed by atoms with Crippen molar-refractivity contribution in [3.8, 4) is 0 Å². The Morgan fingerprint density at radius 2 is 2.00 bits per heavy atom. The van der Waals surface area contributed by atoms with Gasteiger partial charge in [0.15, 0.2) is 0 Å². The Morgan fingerprint density at radius 3 is 2.55 bits per heavy atom. The maximum Gasteiger partial charge on any atom is 0.109 e. The molecule has 2 nitrogen and oxygen atoms in total. The standard InChI is InChI=1S/C9H11NO/c1-8(10-11)7-9-5-3-2-4-6-9/h2-6,11H,7H2,1H3/p+1/b10-8-. The van der Waals surface area contributed by atoms with Gasteiger partial charge in [0.2, 0.25) is 0 Å². The minimum atomic E-state index is 0.782. The van der Waals surface area contributed by atoms with Crippen LogP contribution >= 0.6 is 0 Å². The first-order valence-corrected chi connectivity index (χ1v) is 3.57. The van der Waals surface area contributed by atoms with Crippen LogP contribution in [0.1, 0.15) is 12.5 Å². The highest BCUT2D eigenvalue weighted by Gasteiger charge is 1.95. The zero-order valence-corrected chi connectivity index (χ0v) is 6.54. The van der Waals surface area contributed by atoms with Gasteiger partial charge in [-0.3, -0.25) is 0 Å². The van der Waals surface area contributed by atoms with Gasteiger partial charge in [-0.05, 0) is 12.5 Å². The molecule has 2 heteroatoms. The number of rotatable bonds is 2.